The maximum absolute atomic E-state index is 12.1. The predicted octanol–water partition coefficient (Wildman–Crippen LogP) is 1.08. The molecule has 0 aromatic heterocycles. The zero-order chi connectivity index (χ0) is 14.6. The van der Waals surface area contributed by atoms with Crippen molar-refractivity contribution in [1.82, 2.24) is 10.2 Å². The Balaban J connectivity index is 1.71. The number of nitrogens with one attached hydrogen (secondary N) is 1. The summed E-state index contributed by atoms with van der Waals surface area (Å²) < 4.78 is 0. The third-order valence-corrected chi connectivity index (χ3v) is 3.74. The molecule has 0 aromatic rings. The second-order valence-electron chi connectivity index (χ2n) is 5.41. The second kappa shape index (κ2) is 6.04. The summed E-state index contributed by atoms with van der Waals surface area (Å²) in [5.41, 5.74) is -0.390. The fraction of sp³-hybridized carbons (Fsp3) is 0.714. The maximum atomic E-state index is 12.1. The van der Waals surface area contributed by atoms with Crippen LogP contribution in [0, 0.1) is 12.3 Å². The molecule has 0 saturated carbocycles. The number of amides is 2. The van der Waals surface area contributed by atoms with Crippen LogP contribution in [0.4, 0.5) is 0 Å². The Morgan fingerprint density at radius 3 is 2.80 bits per heavy atom. The van der Waals surface area contributed by atoms with Crippen molar-refractivity contribution in [3.8, 4) is 12.3 Å². The van der Waals surface area contributed by atoms with Crippen LogP contribution < -0.4 is 5.32 Å². The Hall–Kier alpha value is -1.90. The van der Waals surface area contributed by atoms with Crippen molar-refractivity contribution in [2.75, 3.05) is 13.1 Å². The van der Waals surface area contributed by atoms with E-state index in [1.54, 1.807) is 4.90 Å². The molecule has 0 spiro atoms. The lowest BCUT2D eigenvalue weighted by Gasteiger charge is -2.17. The Labute approximate surface area is 119 Å². The summed E-state index contributed by atoms with van der Waals surface area (Å²) >= 11 is 0. The zero-order valence-corrected chi connectivity index (χ0v) is 11.8. The topological polar surface area (TPSA) is 74.1 Å². The fourth-order valence-corrected chi connectivity index (χ4v) is 2.53. The van der Waals surface area contributed by atoms with Gasteiger partial charge in [0.15, 0.2) is 5.66 Å². The minimum absolute atomic E-state index is 0.0480. The second-order valence-corrected chi connectivity index (χ2v) is 5.41. The number of hydrogen-bond donors (Lipinski definition) is 1. The summed E-state index contributed by atoms with van der Waals surface area (Å²) in [6.45, 7) is 2.80. The predicted molar refractivity (Wildman–Crippen MR) is 73.7 cm³/mol. The van der Waals surface area contributed by atoms with E-state index in [-0.39, 0.29) is 17.9 Å². The first kappa shape index (κ1) is 14.5. The lowest BCUT2D eigenvalue weighted by Crippen LogP contribution is -2.37. The molecule has 1 saturated heterocycles. The van der Waals surface area contributed by atoms with Gasteiger partial charge < -0.3 is 10.2 Å². The van der Waals surface area contributed by atoms with Gasteiger partial charge in [-0.05, 0) is 6.42 Å². The zero-order valence-electron chi connectivity index (χ0n) is 11.8. The standard InChI is InChI=1S/C14H20N4O2/c1-3-4-7-14(16-17-14)8-5-13(20)18-9-6-12(10-18)15-11(2)19/h1,12H,4-10H2,2H3,(H,15,19)/t12-/m0/s1. The van der Waals surface area contributed by atoms with Crippen LogP contribution in [0.2, 0.25) is 0 Å². The monoisotopic (exact) mass is 276 g/mol. The highest BCUT2D eigenvalue weighted by Crippen LogP contribution is 2.37. The first-order valence-corrected chi connectivity index (χ1v) is 6.97. The molecular weight excluding hydrogens is 256 g/mol. The Morgan fingerprint density at radius 2 is 2.20 bits per heavy atom. The number of rotatable bonds is 6. The quantitative estimate of drug-likeness (QED) is 0.737. The van der Waals surface area contributed by atoms with E-state index in [1.165, 1.54) is 6.92 Å². The summed E-state index contributed by atoms with van der Waals surface area (Å²) in [5.74, 6) is 2.63. The number of hydrogen-bond acceptors (Lipinski definition) is 4. The van der Waals surface area contributed by atoms with Gasteiger partial charge in [0.1, 0.15) is 0 Å². The average Bonchev–Trinajstić information content (AvgIpc) is 3.04. The molecule has 2 amide bonds. The summed E-state index contributed by atoms with van der Waals surface area (Å²) in [5, 5.41) is 10.9. The van der Waals surface area contributed by atoms with Crippen LogP contribution in [0.25, 0.3) is 0 Å². The molecule has 2 aliphatic rings. The molecule has 108 valence electrons. The summed E-state index contributed by atoms with van der Waals surface area (Å²) in [7, 11) is 0. The Kier molecular flexibility index (Phi) is 4.38. The van der Waals surface area contributed by atoms with Crippen molar-refractivity contribution >= 4 is 11.8 Å². The number of likely N-dealkylation sites (tertiary alicyclic amines) is 1. The number of terminal acetylenes is 1. The van der Waals surface area contributed by atoms with Gasteiger partial charge in [-0.15, -0.1) is 12.3 Å². The molecule has 6 nitrogen and oxygen atoms in total. The number of nitrogens with zero attached hydrogens (tertiary/aromatic N) is 3. The molecule has 0 radical (unpaired) electrons. The van der Waals surface area contributed by atoms with E-state index < -0.39 is 5.66 Å². The van der Waals surface area contributed by atoms with Gasteiger partial charge in [-0.1, -0.05) is 0 Å². The number of carbonyl (C=O) groups excluding carboxylic acids is 2. The van der Waals surface area contributed by atoms with Crippen molar-refractivity contribution in [2.45, 2.75) is 50.7 Å². The van der Waals surface area contributed by atoms with Crippen molar-refractivity contribution in [1.29, 1.82) is 0 Å². The molecule has 0 bridgehead atoms. The van der Waals surface area contributed by atoms with Gasteiger partial charge in [-0.2, -0.15) is 10.2 Å². The molecule has 6 heteroatoms. The van der Waals surface area contributed by atoms with Gasteiger partial charge in [-0.25, -0.2) is 0 Å². The molecule has 0 unspecified atom stereocenters. The van der Waals surface area contributed by atoms with E-state index in [2.05, 4.69) is 21.5 Å². The van der Waals surface area contributed by atoms with Crippen LogP contribution in [0.5, 0.6) is 0 Å². The normalized spacial score (nSPS) is 22.4. The van der Waals surface area contributed by atoms with Gasteiger partial charge in [0.05, 0.1) is 0 Å². The highest BCUT2D eigenvalue weighted by Gasteiger charge is 2.40. The minimum atomic E-state index is -0.390. The Morgan fingerprint density at radius 1 is 1.45 bits per heavy atom. The van der Waals surface area contributed by atoms with Gasteiger partial charge in [0.2, 0.25) is 11.8 Å². The highest BCUT2D eigenvalue weighted by atomic mass is 16.2. The molecule has 0 aromatic carbocycles. The molecule has 20 heavy (non-hydrogen) atoms. The molecular formula is C14H20N4O2. The molecule has 1 fully saturated rings. The van der Waals surface area contributed by atoms with Gasteiger partial charge >= 0.3 is 0 Å². The van der Waals surface area contributed by atoms with E-state index in [1.807, 2.05) is 0 Å². The first-order chi connectivity index (χ1) is 9.54. The molecule has 1 N–H and O–H groups in total. The van der Waals surface area contributed by atoms with E-state index in [0.717, 1.165) is 12.8 Å². The van der Waals surface area contributed by atoms with Crippen LogP contribution in [0.15, 0.2) is 10.2 Å². The molecule has 2 aliphatic heterocycles. The molecule has 1 atom stereocenters. The lowest BCUT2D eigenvalue weighted by molar-refractivity contribution is -0.130. The minimum Gasteiger partial charge on any atom is -0.352 e. The fourth-order valence-electron chi connectivity index (χ4n) is 2.53. The van der Waals surface area contributed by atoms with E-state index in [0.29, 0.717) is 32.4 Å². The largest absolute Gasteiger partial charge is 0.352 e. The Bertz CT molecular complexity index is 460. The highest BCUT2D eigenvalue weighted by molar-refractivity contribution is 5.77. The maximum Gasteiger partial charge on any atom is 0.222 e. The van der Waals surface area contributed by atoms with Crippen LogP contribution in [-0.4, -0.2) is 41.5 Å². The number of carbonyl (C=O) groups is 2. The van der Waals surface area contributed by atoms with Crippen LogP contribution in [-0.2, 0) is 9.59 Å². The van der Waals surface area contributed by atoms with E-state index >= 15 is 0 Å². The van der Waals surface area contributed by atoms with Crippen LogP contribution in [0.3, 0.4) is 0 Å². The molecule has 0 aliphatic carbocycles. The van der Waals surface area contributed by atoms with Crippen LogP contribution >= 0.6 is 0 Å². The van der Waals surface area contributed by atoms with Crippen molar-refractivity contribution in [3.05, 3.63) is 0 Å². The van der Waals surface area contributed by atoms with Crippen molar-refractivity contribution in [3.63, 3.8) is 0 Å². The van der Waals surface area contributed by atoms with Gasteiger partial charge in [0.25, 0.3) is 0 Å². The summed E-state index contributed by atoms with van der Waals surface area (Å²) in [6, 6.07) is 0.0853. The lowest BCUT2D eigenvalue weighted by atomic mass is 10.0. The van der Waals surface area contributed by atoms with Crippen LogP contribution in [0.1, 0.15) is 39.0 Å². The third-order valence-electron chi connectivity index (χ3n) is 3.74. The average molecular weight is 276 g/mol. The smallest absolute Gasteiger partial charge is 0.222 e. The van der Waals surface area contributed by atoms with E-state index in [4.69, 9.17) is 6.42 Å². The van der Waals surface area contributed by atoms with Crippen molar-refractivity contribution < 1.29 is 9.59 Å². The van der Waals surface area contributed by atoms with Crippen molar-refractivity contribution in [2.24, 2.45) is 10.2 Å². The van der Waals surface area contributed by atoms with Gasteiger partial charge in [-0.3, -0.25) is 9.59 Å². The first-order valence-electron chi connectivity index (χ1n) is 6.97. The van der Waals surface area contributed by atoms with Gasteiger partial charge in [0, 0.05) is 51.7 Å². The summed E-state index contributed by atoms with van der Waals surface area (Å²) in [4.78, 5) is 24.9. The molecule has 2 rings (SSSR count). The SMILES string of the molecule is C#CCCC1(CCC(=O)N2CC[C@H](NC(C)=O)C2)N=N1. The molecule has 2 heterocycles. The third kappa shape index (κ3) is 3.80. The summed E-state index contributed by atoms with van der Waals surface area (Å²) in [6.07, 6.45) is 8.48. The van der Waals surface area contributed by atoms with E-state index in [9.17, 15) is 9.59 Å².